The number of carbonyl (C=O) groups is 1. The van der Waals surface area contributed by atoms with Crippen molar-refractivity contribution in [2.24, 2.45) is 4.99 Å². The number of hydrogen-bond acceptors (Lipinski definition) is 4. The van der Waals surface area contributed by atoms with Gasteiger partial charge in [0, 0.05) is 35.8 Å². The van der Waals surface area contributed by atoms with Crippen LogP contribution in [0.2, 0.25) is 0 Å². The van der Waals surface area contributed by atoms with Crippen LogP contribution in [0.1, 0.15) is 49.9 Å². The number of carbonyl (C=O) groups excluding carboxylic acids is 1. The minimum Gasteiger partial charge on any atom is -0.493 e. The van der Waals surface area contributed by atoms with Crippen molar-refractivity contribution in [1.82, 2.24) is 5.32 Å². The van der Waals surface area contributed by atoms with E-state index >= 15 is 0 Å². The number of rotatable bonds is 3. The lowest BCUT2D eigenvalue weighted by Crippen LogP contribution is -2.31. The molecule has 0 fully saturated rings. The van der Waals surface area contributed by atoms with E-state index in [0.29, 0.717) is 0 Å². The maximum atomic E-state index is 11.8. The SMILES string of the molecule is CNC(=O)Nc1cccc(C2=NC(C)(C)Cc3cc(OC)c4c(c32)CC(C)(C)O4)c1. The van der Waals surface area contributed by atoms with Crippen molar-refractivity contribution < 1.29 is 14.3 Å². The second kappa shape index (κ2) is 7.04. The molecular formula is C24H29N3O3. The van der Waals surface area contributed by atoms with Gasteiger partial charge in [0.15, 0.2) is 11.5 Å². The fourth-order valence-corrected chi connectivity index (χ4v) is 4.37. The molecule has 2 aromatic carbocycles. The number of aliphatic imine (C=N–C) groups is 1. The Morgan fingerprint density at radius 1 is 1.17 bits per heavy atom. The van der Waals surface area contributed by atoms with E-state index in [4.69, 9.17) is 14.5 Å². The van der Waals surface area contributed by atoms with Crippen LogP contribution < -0.4 is 20.1 Å². The van der Waals surface area contributed by atoms with Crippen molar-refractivity contribution in [3.05, 3.63) is 52.6 Å². The van der Waals surface area contributed by atoms with Gasteiger partial charge in [-0.25, -0.2) is 4.79 Å². The van der Waals surface area contributed by atoms with Crippen LogP contribution >= 0.6 is 0 Å². The van der Waals surface area contributed by atoms with Gasteiger partial charge in [-0.2, -0.15) is 0 Å². The predicted octanol–water partition coefficient (Wildman–Crippen LogP) is 4.33. The number of nitrogens with zero attached hydrogens (tertiary/aromatic N) is 1. The van der Waals surface area contributed by atoms with Crippen molar-refractivity contribution in [2.45, 2.75) is 51.7 Å². The van der Waals surface area contributed by atoms with Gasteiger partial charge in [0.1, 0.15) is 5.60 Å². The topological polar surface area (TPSA) is 72.0 Å². The fraction of sp³-hybridized carbons (Fsp3) is 0.417. The summed E-state index contributed by atoms with van der Waals surface area (Å²) in [5, 5.41) is 5.44. The normalized spacial score (nSPS) is 17.9. The molecule has 30 heavy (non-hydrogen) atoms. The number of benzene rings is 2. The average Bonchev–Trinajstić information content (AvgIpc) is 3.00. The molecule has 0 aromatic heterocycles. The summed E-state index contributed by atoms with van der Waals surface area (Å²) in [5.41, 5.74) is 5.57. The van der Waals surface area contributed by atoms with Gasteiger partial charge in [-0.05, 0) is 57.9 Å². The van der Waals surface area contributed by atoms with Gasteiger partial charge in [-0.15, -0.1) is 0 Å². The first-order chi connectivity index (χ1) is 14.1. The third-order valence-corrected chi connectivity index (χ3v) is 5.52. The van der Waals surface area contributed by atoms with Crippen molar-refractivity contribution >= 4 is 17.4 Å². The molecule has 0 saturated carbocycles. The summed E-state index contributed by atoms with van der Waals surface area (Å²) in [6.45, 7) is 8.47. The van der Waals surface area contributed by atoms with Crippen molar-refractivity contribution in [3.63, 3.8) is 0 Å². The standard InChI is InChI=1S/C24H29N3O3/c1-23(2)12-15-11-18(29-6)21-17(13-24(3,4)30-21)19(15)20(27-23)14-8-7-9-16(10-14)26-22(28)25-5/h7-11H,12-13H2,1-6H3,(H2,25,26,28). The van der Waals surface area contributed by atoms with Crippen LogP contribution in [0.25, 0.3) is 0 Å². The molecule has 2 N–H and O–H groups in total. The molecule has 158 valence electrons. The largest absolute Gasteiger partial charge is 0.493 e. The number of amides is 2. The first-order valence-corrected chi connectivity index (χ1v) is 10.2. The first kappa shape index (κ1) is 20.3. The molecule has 0 aliphatic carbocycles. The maximum Gasteiger partial charge on any atom is 0.318 e. The van der Waals surface area contributed by atoms with Crippen LogP contribution in [0.3, 0.4) is 0 Å². The second-order valence-electron chi connectivity index (χ2n) is 9.19. The lowest BCUT2D eigenvalue weighted by Gasteiger charge is -2.31. The summed E-state index contributed by atoms with van der Waals surface area (Å²) in [6, 6.07) is 9.67. The molecule has 4 rings (SSSR count). The number of fused-ring (bicyclic) bond motifs is 3. The molecule has 0 bridgehead atoms. The minimum absolute atomic E-state index is 0.249. The number of urea groups is 1. The quantitative estimate of drug-likeness (QED) is 0.795. The first-order valence-electron chi connectivity index (χ1n) is 10.2. The van der Waals surface area contributed by atoms with Crippen molar-refractivity contribution in [1.29, 1.82) is 0 Å². The van der Waals surface area contributed by atoms with Gasteiger partial charge in [0.25, 0.3) is 0 Å². The Labute approximate surface area is 177 Å². The van der Waals surface area contributed by atoms with Crippen LogP contribution in [0, 0.1) is 0 Å². The van der Waals surface area contributed by atoms with Gasteiger partial charge >= 0.3 is 6.03 Å². The van der Waals surface area contributed by atoms with Crippen molar-refractivity contribution in [3.8, 4) is 11.5 Å². The summed E-state index contributed by atoms with van der Waals surface area (Å²) < 4.78 is 11.9. The molecule has 0 unspecified atom stereocenters. The van der Waals surface area contributed by atoms with E-state index < -0.39 is 0 Å². The van der Waals surface area contributed by atoms with E-state index in [1.807, 2.05) is 24.3 Å². The molecule has 2 aliphatic rings. The molecule has 2 aliphatic heterocycles. The van der Waals surface area contributed by atoms with E-state index in [2.05, 4.69) is 44.4 Å². The Bertz CT molecular complexity index is 1050. The van der Waals surface area contributed by atoms with Crippen LogP contribution in [-0.4, -0.2) is 37.0 Å². The van der Waals surface area contributed by atoms with Crippen LogP contribution in [0.4, 0.5) is 10.5 Å². The zero-order valence-corrected chi connectivity index (χ0v) is 18.5. The Balaban J connectivity index is 1.89. The molecule has 0 atom stereocenters. The lowest BCUT2D eigenvalue weighted by atomic mass is 9.81. The van der Waals surface area contributed by atoms with Crippen LogP contribution in [-0.2, 0) is 12.8 Å². The minimum atomic E-state index is -0.300. The molecule has 0 radical (unpaired) electrons. The predicted molar refractivity (Wildman–Crippen MR) is 119 cm³/mol. The van der Waals surface area contributed by atoms with E-state index in [1.54, 1.807) is 14.2 Å². The molecule has 0 saturated heterocycles. The molecule has 2 aromatic rings. The highest BCUT2D eigenvalue weighted by atomic mass is 16.5. The Kier molecular flexibility index (Phi) is 4.76. The summed E-state index contributed by atoms with van der Waals surface area (Å²) in [7, 11) is 3.29. The molecule has 0 spiro atoms. The second-order valence-corrected chi connectivity index (χ2v) is 9.19. The van der Waals surface area contributed by atoms with E-state index in [9.17, 15) is 4.79 Å². The number of methoxy groups -OCH3 is 1. The zero-order valence-electron chi connectivity index (χ0n) is 18.5. The van der Waals surface area contributed by atoms with Gasteiger partial charge in [-0.3, -0.25) is 4.99 Å². The van der Waals surface area contributed by atoms with Gasteiger partial charge in [0.05, 0.1) is 18.4 Å². The highest BCUT2D eigenvalue weighted by molar-refractivity contribution is 6.16. The third-order valence-electron chi connectivity index (χ3n) is 5.52. The van der Waals surface area contributed by atoms with Gasteiger partial charge < -0.3 is 20.1 Å². The Morgan fingerprint density at radius 3 is 2.63 bits per heavy atom. The average molecular weight is 408 g/mol. The van der Waals surface area contributed by atoms with Crippen molar-refractivity contribution in [2.75, 3.05) is 19.5 Å². The highest BCUT2D eigenvalue weighted by Crippen LogP contribution is 2.47. The molecule has 6 heteroatoms. The zero-order chi connectivity index (χ0) is 21.7. The maximum absolute atomic E-state index is 11.8. The monoisotopic (exact) mass is 407 g/mol. The number of nitrogens with one attached hydrogen (secondary N) is 2. The van der Waals surface area contributed by atoms with E-state index in [1.165, 1.54) is 5.56 Å². The number of hydrogen-bond donors (Lipinski definition) is 2. The lowest BCUT2D eigenvalue weighted by molar-refractivity contribution is 0.134. The summed E-state index contributed by atoms with van der Waals surface area (Å²) in [6.07, 6.45) is 1.61. The molecule has 2 amide bonds. The third kappa shape index (κ3) is 3.62. The Morgan fingerprint density at radius 2 is 1.93 bits per heavy atom. The summed E-state index contributed by atoms with van der Waals surface area (Å²) >= 11 is 0. The molecule has 2 heterocycles. The van der Waals surface area contributed by atoms with E-state index in [0.717, 1.165) is 52.4 Å². The van der Waals surface area contributed by atoms with E-state index in [-0.39, 0.29) is 17.2 Å². The summed E-state index contributed by atoms with van der Waals surface area (Å²) in [5.74, 6) is 1.59. The van der Waals surface area contributed by atoms with Gasteiger partial charge in [0.2, 0.25) is 0 Å². The fourth-order valence-electron chi connectivity index (χ4n) is 4.37. The molecule has 6 nitrogen and oxygen atoms in total. The summed E-state index contributed by atoms with van der Waals surface area (Å²) in [4.78, 5) is 16.9. The smallest absolute Gasteiger partial charge is 0.318 e. The van der Waals surface area contributed by atoms with Gasteiger partial charge in [-0.1, -0.05) is 12.1 Å². The number of anilines is 1. The highest BCUT2D eigenvalue weighted by Gasteiger charge is 2.39. The van der Waals surface area contributed by atoms with Crippen LogP contribution in [0.15, 0.2) is 35.3 Å². The van der Waals surface area contributed by atoms with Crippen LogP contribution in [0.5, 0.6) is 11.5 Å². The Hall–Kier alpha value is -3.02. The number of ether oxygens (including phenoxy) is 2. The molecular weight excluding hydrogens is 378 g/mol.